The van der Waals surface area contributed by atoms with Gasteiger partial charge in [0.1, 0.15) is 0 Å². The molecule has 2 atom stereocenters. The predicted molar refractivity (Wildman–Crippen MR) is 55.8 cm³/mol. The molecule has 0 aromatic heterocycles. The maximum Gasteiger partial charge on any atom is 0.0920 e. The molecule has 0 fully saturated rings. The van der Waals surface area contributed by atoms with Crippen LogP contribution in [-0.2, 0) is 6.54 Å². The lowest BCUT2D eigenvalue weighted by Gasteiger charge is -2.14. The fourth-order valence-corrected chi connectivity index (χ4v) is 1.13. The Morgan fingerprint density at radius 1 is 1.21 bits per heavy atom. The van der Waals surface area contributed by atoms with Gasteiger partial charge in [0.05, 0.1) is 12.2 Å². The molecule has 1 aromatic carbocycles. The van der Waals surface area contributed by atoms with Gasteiger partial charge in [0.25, 0.3) is 0 Å². The quantitative estimate of drug-likeness (QED) is 0.642. The molecule has 0 saturated carbocycles. The van der Waals surface area contributed by atoms with E-state index in [4.69, 9.17) is 5.11 Å². The Morgan fingerprint density at radius 3 is 2.43 bits per heavy atom. The van der Waals surface area contributed by atoms with Crippen LogP contribution >= 0.6 is 0 Å². The molecule has 0 bridgehead atoms. The molecule has 78 valence electrons. The van der Waals surface area contributed by atoms with Crippen molar-refractivity contribution in [1.82, 2.24) is 5.32 Å². The summed E-state index contributed by atoms with van der Waals surface area (Å²) in [5.74, 6) is 0. The van der Waals surface area contributed by atoms with Gasteiger partial charge < -0.3 is 15.5 Å². The molecule has 14 heavy (non-hydrogen) atoms. The normalized spacial score (nSPS) is 15.1. The van der Waals surface area contributed by atoms with Crippen molar-refractivity contribution in [2.24, 2.45) is 0 Å². The van der Waals surface area contributed by atoms with Crippen LogP contribution in [0.1, 0.15) is 12.5 Å². The van der Waals surface area contributed by atoms with Crippen molar-refractivity contribution in [3.05, 3.63) is 35.9 Å². The standard InChI is InChI=1S/C11H17NO2/c1-9(13)11(14)8-12-7-10-5-3-2-4-6-10/h2-6,9,11-14H,7-8H2,1H3. The molecular weight excluding hydrogens is 178 g/mol. The molecule has 0 aliphatic heterocycles. The van der Waals surface area contributed by atoms with E-state index < -0.39 is 12.2 Å². The Hall–Kier alpha value is -0.900. The molecule has 2 unspecified atom stereocenters. The number of hydrogen-bond donors (Lipinski definition) is 3. The topological polar surface area (TPSA) is 52.5 Å². The van der Waals surface area contributed by atoms with E-state index in [2.05, 4.69) is 5.32 Å². The summed E-state index contributed by atoms with van der Waals surface area (Å²) in [6.07, 6.45) is -1.38. The number of rotatable bonds is 5. The Morgan fingerprint density at radius 2 is 1.86 bits per heavy atom. The van der Waals surface area contributed by atoms with Gasteiger partial charge in [-0.15, -0.1) is 0 Å². The van der Waals surface area contributed by atoms with Gasteiger partial charge in [-0.25, -0.2) is 0 Å². The van der Waals surface area contributed by atoms with Gasteiger partial charge in [0.15, 0.2) is 0 Å². The van der Waals surface area contributed by atoms with Crippen LogP contribution in [0.25, 0.3) is 0 Å². The van der Waals surface area contributed by atoms with Crippen LogP contribution in [0.15, 0.2) is 30.3 Å². The van der Waals surface area contributed by atoms with E-state index in [-0.39, 0.29) is 0 Å². The van der Waals surface area contributed by atoms with Crippen molar-refractivity contribution in [1.29, 1.82) is 0 Å². The third kappa shape index (κ3) is 3.87. The van der Waals surface area contributed by atoms with Crippen molar-refractivity contribution in [3.8, 4) is 0 Å². The zero-order valence-electron chi connectivity index (χ0n) is 8.35. The first kappa shape index (κ1) is 11.2. The van der Waals surface area contributed by atoms with E-state index in [0.717, 1.165) is 0 Å². The second kappa shape index (κ2) is 5.75. The molecule has 0 spiro atoms. The number of benzene rings is 1. The molecule has 0 radical (unpaired) electrons. The summed E-state index contributed by atoms with van der Waals surface area (Å²) in [6, 6.07) is 9.95. The van der Waals surface area contributed by atoms with Gasteiger partial charge in [0.2, 0.25) is 0 Å². The van der Waals surface area contributed by atoms with Gasteiger partial charge in [-0.2, -0.15) is 0 Å². The van der Waals surface area contributed by atoms with Gasteiger partial charge in [-0.3, -0.25) is 0 Å². The van der Waals surface area contributed by atoms with Crippen molar-refractivity contribution in [3.63, 3.8) is 0 Å². The van der Waals surface area contributed by atoms with Crippen LogP contribution in [0, 0.1) is 0 Å². The van der Waals surface area contributed by atoms with Crippen LogP contribution < -0.4 is 5.32 Å². The first-order valence-electron chi connectivity index (χ1n) is 4.81. The fourth-order valence-electron chi connectivity index (χ4n) is 1.13. The maximum absolute atomic E-state index is 9.29. The molecule has 1 aromatic rings. The zero-order valence-corrected chi connectivity index (χ0v) is 8.35. The average molecular weight is 195 g/mol. The van der Waals surface area contributed by atoms with Crippen LogP contribution in [-0.4, -0.2) is 29.0 Å². The fraction of sp³-hybridized carbons (Fsp3) is 0.455. The molecule has 0 amide bonds. The van der Waals surface area contributed by atoms with Crippen molar-refractivity contribution in [2.45, 2.75) is 25.7 Å². The summed E-state index contributed by atoms with van der Waals surface area (Å²) in [5, 5.41) is 21.4. The molecular formula is C11H17NO2. The van der Waals surface area contributed by atoms with E-state index in [1.165, 1.54) is 5.56 Å². The minimum absolute atomic E-state index is 0.409. The van der Waals surface area contributed by atoms with E-state index >= 15 is 0 Å². The van der Waals surface area contributed by atoms with Crippen molar-refractivity contribution >= 4 is 0 Å². The average Bonchev–Trinajstić information content (AvgIpc) is 2.19. The highest BCUT2D eigenvalue weighted by atomic mass is 16.3. The number of hydrogen-bond acceptors (Lipinski definition) is 3. The Balaban J connectivity index is 2.22. The molecule has 0 heterocycles. The van der Waals surface area contributed by atoms with Gasteiger partial charge in [0, 0.05) is 13.1 Å². The van der Waals surface area contributed by atoms with Crippen molar-refractivity contribution in [2.75, 3.05) is 6.54 Å². The SMILES string of the molecule is CC(O)C(O)CNCc1ccccc1. The monoisotopic (exact) mass is 195 g/mol. The molecule has 1 rings (SSSR count). The van der Waals surface area contributed by atoms with Gasteiger partial charge in [-0.1, -0.05) is 30.3 Å². The molecule has 3 N–H and O–H groups in total. The first-order valence-corrected chi connectivity index (χ1v) is 4.81. The summed E-state index contributed by atoms with van der Waals surface area (Å²) in [4.78, 5) is 0. The smallest absolute Gasteiger partial charge is 0.0920 e. The van der Waals surface area contributed by atoms with Crippen LogP contribution in [0.2, 0.25) is 0 Å². The van der Waals surface area contributed by atoms with Crippen LogP contribution in [0.5, 0.6) is 0 Å². The van der Waals surface area contributed by atoms with E-state index in [0.29, 0.717) is 13.1 Å². The third-order valence-electron chi connectivity index (χ3n) is 2.08. The van der Waals surface area contributed by atoms with E-state index in [9.17, 15) is 5.11 Å². The second-order valence-corrected chi connectivity index (χ2v) is 3.42. The lowest BCUT2D eigenvalue weighted by Crippen LogP contribution is -2.34. The second-order valence-electron chi connectivity index (χ2n) is 3.42. The predicted octanol–water partition coefficient (Wildman–Crippen LogP) is 0.518. The summed E-state index contributed by atoms with van der Waals surface area (Å²) < 4.78 is 0. The lowest BCUT2D eigenvalue weighted by atomic mass is 10.2. The zero-order chi connectivity index (χ0) is 10.4. The third-order valence-corrected chi connectivity index (χ3v) is 2.08. The Labute approximate surface area is 84.4 Å². The highest BCUT2D eigenvalue weighted by Crippen LogP contribution is 1.97. The summed E-state index contributed by atoms with van der Waals surface area (Å²) >= 11 is 0. The Bertz CT molecular complexity index is 249. The molecule has 0 aliphatic carbocycles. The first-order chi connectivity index (χ1) is 6.70. The molecule has 0 saturated heterocycles. The largest absolute Gasteiger partial charge is 0.391 e. The highest BCUT2D eigenvalue weighted by Gasteiger charge is 2.09. The summed E-state index contributed by atoms with van der Waals surface area (Å²) in [7, 11) is 0. The van der Waals surface area contributed by atoms with Crippen LogP contribution in [0.4, 0.5) is 0 Å². The number of aliphatic hydroxyl groups excluding tert-OH is 2. The molecule has 3 heteroatoms. The summed E-state index contributed by atoms with van der Waals surface area (Å²) in [6.45, 7) is 2.70. The van der Waals surface area contributed by atoms with Crippen molar-refractivity contribution < 1.29 is 10.2 Å². The van der Waals surface area contributed by atoms with E-state index in [1.807, 2.05) is 30.3 Å². The van der Waals surface area contributed by atoms with Gasteiger partial charge >= 0.3 is 0 Å². The minimum Gasteiger partial charge on any atom is -0.391 e. The molecule has 0 aliphatic rings. The van der Waals surface area contributed by atoms with Crippen LogP contribution in [0.3, 0.4) is 0 Å². The molecule has 3 nitrogen and oxygen atoms in total. The number of nitrogens with one attached hydrogen (secondary N) is 1. The summed E-state index contributed by atoms with van der Waals surface area (Å²) in [5.41, 5.74) is 1.17. The highest BCUT2D eigenvalue weighted by molar-refractivity contribution is 5.14. The number of aliphatic hydroxyl groups is 2. The maximum atomic E-state index is 9.29. The lowest BCUT2D eigenvalue weighted by molar-refractivity contribution is 0.0318. The van der Waals surface area contributed by atoms with Gasteiger partial charge in [-0.05, 0) is 12.5 Å². The minimum atomic E-state index is -0.696. The van der Waals surface area contributed by atoms with E-state index in [1.54, 1.807) is 6.92 Å². The Kier molecular flexibility index (Phi) is 4.59.